The Labute approximate surface area is 77.8 Å². The first-order chi connectivity index (χ1) is 6.40. The summed E-state index contributed by atoms with van der Waals surface area (Å²) in [4.78, 5) is 0. The van der Waals surface area contributed by atoms with Gasteiger partial charge in [-0.25, -0.2) is 0 Å². The molecule has 0 radical (unpaired) electrons. The third-order valence-corrected chi connectivity index (χ3v) is 2.09. The monoisotopic (exact) mass is 176 g/mol. The molecule has 1 aliphatic heterocycles. The lowest BCUT2D eigenvalue weighted by molar-refractivity contribution is 0.0314. The molecule has 1 aromatic rings. The van der Waals surface area contributed by atoms with E-state index in [1.54, 1.807) is 0 Å². The molecule has 1 aromatic carbocycles. The highest BCUT2D eigenvalue weighted by Crippen LogP contribution is 2.19. The van der Waals surface area contributed by atoms with Crippen LogP contribution in [0.15, 0.2) is 36.3 Å². The summed E-state index contributed by atoms with van der Waals surface area (Å²) >= 11 is 0. The second-order valence-electron chi connectivity index (χ2n) is 2.95. The number of rotatable bonds is 0. The van der Waals surface area contributed by atoms with Crippen molar-refractivity contribution in [2.24, 2.45) is 0 Å². The molecule has 0 aliphatic carbocycles. The SMILES string of the molecule is CC=C1OCc2ccccc2CO1. The van der Waals surface area contributed by atoms with E-state index in [1.165, 1.54) is 11.1 Å². The third kappa shape index (κ3) is 1.66. The zero-order chi connectivity index (χ0) is 9.10. The van der Waals surface area contributed by atoms with E-state index in [1.807, 2.05) is 25.1 Å². The fourth-order valence-corrected chi connectivity index (χ4v) is 1.35. The van der Waals surface area contributed by atoms with E-state index in [9.17, 15) is 0 Å². The summed E-state index contributed by atoms with van der Waals surface area (Å²) in [6.07, 6.45) is 1.84. The largest absolute Gasteiger partial charge is 0.461 e. The molecule has 0 saturated heterocycles. The van der Waals surface area contributed by atoms with Crippen molar-refractivity contribution in [3.05, 3.63) is 47.4 Å². The van der Waals surface area contributed by atoms with Crippen LogP contribution in [0.4, 0.5) is 0 Å². The molecule has 2 rings (SSSR count). The Bertz CT molecular complexity index is 300. The van der Waals surface area contributed by atoms with E-state index in [2.05, 4.69) is 12.1 Å². The van der Waals surface area contributed by atoms with Crippen molar-refractivity contribution in [1.82, 2.24) is 0 Å². The number of hydrogen-bond donors (Lipinski definition) is 0. The molecule has 13 heavy (non-hydrogen) atoms. The van der Waals surface area contributed by atoms with E-state index in [4.69, 9.17) is 9.47 Å². The topological polar surface area (TPSA) is 18.5 Å². The molecule has 1 heterocycles. The van der Waals surface area contributed by atoms with E-state index < -0.39 is 0 Å². The van der Waals surface area contributed by atoms with Gasteiger partial charge in [-0.05, 0) is 24.1 Å². The van der Waals surface area contributed by atoms with Gasteiger partial charge in [0.25, 0.3) is 5.95 Å². The van der Waals surface area contributed by atoms with Gasteiger partial charge in [0.15, 0.2) is 0 Å². The summed E-state index contributed by atoms with van der Waals surface area (Å²) in [5, 5.41) is 0. The normalized spacial score (nSPS) is 15.0. The van der Waals surface area contributed by atoms with Crippen LogP contribution in [-0.2, 0) is 22.7 Å². The molecular weight excluding hydrogens is 164 g/mol. The maximum absolute atomic E-state index is 5.42. The van der Waals surface area contributed by atoms with Crippen molar-refractivity contribution < 1.29 is 9.47 Å². The maximum atomic E-state index is 5.42. The van der Waals surface area contributed by atoms with Crippen molar-refractivity contribution in [3.63, 3.8) is 0 Å². The predicted octanol–water partition coefficient (Wildman–Crippen LogP) is 2.59. The van der Waals surface area contributed by atoms with Gasteiger partial charge in [-0.1, -0.05) is 24.3 Å². The highest BCUT2D eigenvalue weighted by atomic mass is 16.7. The van der Waals surface area contributed by atoms with E-state index in [0.717, 1.165) is 0 Å². The van der Waals surface area contributed by atoms with Crippen molar-refractivity contribution in [1.29, 1.82) is 0 Å². The van der Waals surface area contributed by atoms with Crippen molar-refractivity contribution in [2.45, 2.75) is 20.1 Å². The lowest BCUT2D eigenvalue weighted by Gasteiger charge is -2.04. The average molecular weight is 176 g/mol. The van der Waals surface area contributed by atoms with Crippen LogP contribution in [0, 0.1) is 0 Å². The molecule has 0 saturated carbocycles. The van der Waals surface area contributed by atoms with Crippen LogP contribution in [0.3, 0.4) is 0 Å². The first-order valence-electron chi connectivity index (χ1n) is 4.39. The fraction of sp³-hybridized carbons (Fsp3) is 0.273. The quantitative estimate of drug-likeness (QED) is 0.605. The van der Waals surface area contributed by atoms with Gasteiger partial charge in [0.1, 0.15) is 13.2 Å². The Morgan fingerprint density at radius 3 is 2.08 bits per heavy atom. The van der Waals surface area contributed by atoms with Crippen molar-refractivity contribution in [3.8, 4) is 0 Å². The average Bonchev–Trinajstić information content (AvgIpc) is 2.39. The first kappa shape index (κ1) is 8.17. The maximum Gasteiger partial charge on any atom is 0.275 e. The molecule has 0 N–H and O–H groups in total. The zero-order valence-corrected chi connectivity index (χ0v) is 7.62. The van der Waals surface area contributed by atoms with Gasteiger partial charge in [0, 0.05) is 0 Å². The number of ether oxygens (including phenoxy) is 2. The Kier molecular flexibility index (Phi) is 2.21. The number of fused-ring (bicyclic) bond motifs is 1. The van der Waals surface area contributed by atoms with Gasteiger partial charge in [-0.15, -0.1) is 0 Å². The summed E-state index contributed by atoms with van der Waals surface area (Å²) in [6.45, 7) is 3.12. The highest BCUT2D eigenvalue weighted by Gasteiger charge is 2.10. The summed E-state index contributed by atoms with van der Waals surface area (Å²) in [5.74, 6) is 0.621. The highest BCUT2D eigenvalue weighted by molar-refractivity contribution is 5.26. The molecule has 1 aliphatic rings. The Morgan fingerprint density at radius 2 is 1.62 bits per heavy atom. The minimum absolute atomic E-state index is 0.607. The van der Waals surface area contributed by atoms with Gasteiger partial charge in [0.05, 0.1) is 0 Å². The molecule has 2 nitrogen and oxygen atoms in total. The summed E-state index contributed by atoms with van der Waals surface area (Å²) in [6, 6.07) is 8.17. The lowest BCUT2D eigenvalue weighted by Crippen LogP contribution is -1.90. The third-order valence-electron chi connectivity index (χ3n) is 2.09. The Balaban J connectivity index is 2.26. The molecule has 2 heteroatoms. The van der Waals surface area contributed by atoms with Crippen molar-refractivity contribution in [2.75, 3.05) is 0 Å². The zero-order valence-electron chi connectivity index (χ0n) is 7.62. The van der Waals surface area contributed by atoms with Gasteiger partial charge in [-0.2, -0.15) is 0 Å². The summed E-state index contributed by atoms with van der Waals surface area (Å²) < 4.78 is 10.8. The summed E-state index contributed by atoms with van der Waals surface area (Å²) in [7, 11) is 0. The van der Waals surface area contributed by atoms with Crippen LogP contribution in [0.1, 0.15) is 18.1 Å². The second-order valence-corrected chi connectivity index (χ2v) is 2.95. The second kappa shape index (κ2) is 3.52. The Hall–Kier alpha value is -1.44. The van der Waals surface area contributed by atoms with E-state index >= 15 is 0 Å². The molecule has 0 aromatic heterocycles. The van der Waals surface area contributed by atoms with Gasteiger partial charge >= 0.3 is 0 Å². The molecule has 0 unspecified atom stereocenters. The van der Waals surface area contributed by atoms with Crippen molar-refractivity contribution >= 4 is 0 Å². The molecule has 0 fully saturated rings. The van der Waals surface area contributed by atoms with E-state index in [0.29, 0.717) is 19.2 Å². The first-order valence-corrected chi connectivity index (χ1v) is 4.39. The summed E-state index contributed by atoms with van der Waals surface area (Å²) in [5.41, 5.74) is 2.42. The number of benzene rings is 1. The minimum atomic E-state index is 0.607. The van der Waals surface area contributed by atoms with Crippen LogP contribution in [0.2, 0.25) is 0 Å². The predicted molar refractivity (Wildman–Crippen MR) is 49.8 cm³/mol. The van der Waals surface area contributed by atoms with E-state index in [-0.39, 0.29) is 0 Å². The standard InChI is InChI=1S/C11H12O2/c1-2-11-12-7-9-5-3-4-6-10(9)8-13-11/h2-6H,7-8H2,1H3. The smallest absolute Gasteiger partial charge is 0.275 e. The van der Waals surface area contributed by atoms with Gasteiger partial charge < -0.3 is 9.47 Å². The number of allylic oxidation sites excluding steroid dienone is 1. The minimum Gasteiger partial charge on any atom is -0.461 e. The van der Waals surface area contributed by atoms with Crippen LogP contribution in [0.5, 0.6) is 0 Å². The molecule has 0 atom stereocenters. The van der Waals surface area contributed by atoms with Crippen LogP contribution >= 0.6 is 0 Å². The lowest BCUT2D eigenvalue weighted by atomic mass is 10.1. The molecule has 0 amide bonds. The van der Waals surface area contributed by atoms with Crippen LogP contribution in [-0.4, -0.2) is 0 Å². The number of hydrogen-bond acceptors (Lipinski definition) is 2. The molecule has 0 bridgehead atoms. The Morgan fingerprint density at radius 1 is 1.08 bits per heavy atom. The van der Waals surface area contributed by atoms with Gasteiger partial charge in [-0.3, -0.25) is 0 Å². The molecule has 0 spiro atoms. The molecular formula is C11H12O2. The fourth-order valence-electron chi connectivity index (χ4n) is 1.35. The molecule has 68 valence electrons. The van der Waals surface area contributed by atoms with Crippen LogP contribution in [0.25, 0.3) is 0 Å². The van der Waals surface area contributed by atoms with Gasteiger partial charge in [0.2, 0.25) is 0 Å². The van der Waals surface area contributed by atoms with Crippen LogP contribution < -0.4 is 0 Å².